The van der Waals surface area contributed by atoms with Crippen molar-refractivity contribution in [2.45, 2.75) is 12.8 Å². The summed E-state index contributed by atoms with van der Waals surface area (Å²) in [6.07, 6.45) is 0. The van der Waals surface area contributed by atoms with Crippen LogP contribution < -0.4 is 0 Å². The molecule has 0 aromatic carbocycles. The topological polar surface area (TPSA) is 30.7 Å². The van der Waals surface area contributed by atoms with Crippen LogP contribution in [0.25, 0.3) is 0 Å². The van der Waals surface area contributed by atoms with Crippen LogP contribution in [0, 0.1) is 6.92 Å². The standard InChI is InChI=1S/C5H8ClN3/c1-4-7-5(3-6)8-9(4)2/h3H2,1-2H3. The van der Waals surface area contributed by atoms with Gasteiger partial charge in [0.15, 0.2) is 5.82 Å². The van der Waals surface area contributed by atoms with Crippen LogP contribution in [0.5, 0.6) is 0 Å². The van der Waals surface area contributed by atoms with E-state index in [0.717, 1.165) is 5.82 Å². The third kappa shape index (κ3) is 1.21. The van der Waals surface area contributed by atoms with Crippen LogP contribution in [0.2, 0.25) is 0 Å². The van der Waals surface area contributed by atoms with Crippen molar-refractivity contribution in [1.82, 2.24) is 14.8 Å². The molecule has 50 valence electrons. The van der Waals surface area contributed by atoms with Crippen molar-refractivity contribution < 1.29 is 0 Å². The Morgan fingerprint density at radius 1 is 1.67 bits per heavy atom. The van der Waals surface area contributed by atoms with E-state index in [4.69, 9.17) is 11.6 Å². The lowest BCUT2D eigenvalue weighted by Gasteiger charge is -1.85. The number of hydrogen-bond donors (Lipinski definition) is 0. The maximum absolute atomic E-state index is 5.47. The molecule has 0 amide bonds. The van der Waals surface area contributed by atoms with Gasteiger partial charge in [-0.15, -0.1) is 11.6 Å². The van der Waals surface area contributed by atoms with E-state index in [2.05, 4.69) is 10.1 Å². The summed E-state index contributed by atoms with van der Waals surface area (Å²) in [6.45, 7) is 1.89. The second-order valence-electron chi connectivity index (χ2n) is 1.83. The molecule has 0 unspecified atom stereocenters. The Balaban J connectivity index is 2.98. The molecule has 1 rings (SSSR count). The van der Waals surface area contributed by atoms with Gasteiger partial charge in [-0.1, -0.05) is 0 Å². The zero-order valence-electron chi connectivity index (χ0n) is 5.43. The Hall–Kier alpha value is -0.570. The maximum atomic E-state index is 5.47. The fourth-order valence-corrected chi connectivity index (χ4v) is 0.697. The van der Waals surface area contributed by atoms with Gasteiger partial charge in [0, 0.05) is 7.05 Å². The fourth-order valence-electron chi connectivity index (χ4n) is 0.584. The lowest BCUT2D eigenvalue weighted by Crippen LogP contribution is -1.92. The van der Waals surface area contributed by atoms with Gasteiger partial charge in [-0.25, -0.2) is 4.98 Å². The molecule has 0 N–H and O–H groups in total. The third-order valence-corrected chi connectivity index (χ3v) is 1.38. The minimum Gasteiger partial charge on any atom is -0.253 e. The highest BCUT2D eigenvalue weighted by atomic mass is 35.5. The van der Waals surface area contributed by atoms with Gasteiger partial charge < -0.3 is 0 Å². The molecule has 4 heteroatoms. The van der Waals surface area contributed by atoms with Crippen LogP contribution in [0.3, 0.4) is 0 Å². The summed E-state index contributed by atoms with van der Waals surface area (Å²) in [5.74, 6) is 1.98. The van der Waals surface area contributed by atoms with E-state index in [1.807, 2.05) is 14.0 Å². The molecule has 1 heterocycles. The second kappa shape index (κ2) is 2.35. The van der Waals surface area contributed by atoms with Crippen molar-refractivity contribution in [1.29, 1.82) is 0 Å². The second-order valence-corrected chi connectivity index (χ2v) is 2.10. The van der Waals surface area contributed by atoms with Gasteiger partial charge in [0.05, 0.1) is 5.88 Å². The number of halogens is 1. The summed E-state index contributed by atoms with van der Waals surface area (Å²) in [5, 5.41) is 4.00. The normalized spacial score (nSPS) is 10.1. The summed E-state index contributed by atoms with van der Waals surface area (Å²) >= 11 is 5.47. The molecule has 0 fully saturated rings. The molecular weight excluding hydrogens is 138 g/mol. The van der Waals surface area contributed by atoms with Crippen molar-refractivity contribution in [2.24, 2.45) is 7.05 Å². The average molecular weight is 146 g/mol. The van der Waals surface area contributed by atoms with Crippen molar-refractivity contribution in [3.8, 4) is 0 Å². The molecule has 1 aromatic heterocycles. The number of alkyl halides is 1. The SMILES string of the molecule is Cc1nc(CCl)nn1C. The predicted molar refractivity (Wildman–Crippen MR) is 35.3 cm³/mol. The average Bonchev–Trinajstić information content (AvgIpc) is 2.13. The number of hydrogen-bond acceptors (Lipinski definition) is 2. The van der Waals surface area contributed by atoms with Crippen molar-refractivity contribution in [2.75, 3.05) is 0 Å². The van der Waals surface area contributed by atoms with Crippen LogP contribution in [0.1, 0.15) is 11.6 Å². The zero-order valence-corrected chi connectivity index (χ0v) is 6.18. The molecule has 0 saturated heterocycles. The molecular formula is C5H8ClN3. The lowest BCUT2D eigenvalue weighted by molar-refractivity contribution is 0.727. The molecule has 0 aliphatic carbocycles. The molecule has 0 radical (unpaired) electrons. The summed E-state index contributed by atoms with van der Waals surface area (Å²) in [7, 11) is 1.85. The Labute approximate surface area is 58.7 Å². The highest BCUT2D eigenvalue weighted by Gasteiger charge is 1.98. The monoisotopic (exact) mass is 145 g/mol. The lowest BCUT2D eigenvalue weighted by atomic mass is 10.7. The first kappa shape index (κ1) is 6.55. The van der Waals surface area contributed by atoms with Gasteiger partial charge >= 0.3 is 0 Å². The van der Waals surface area contributed by atoms with E-state index in [1.54, 1.807) is 4.68 Å². The van der Waals surface area contributed by atoms with Crippen LogP contribution in [0.15, 0.2) is 0 Å². The Bertz CT molecular complexity index is 186. The Kier molecular flexibility index (Phi) is 1.71. The van der Waals surface area contributed by atoms with E-state index < -0.39 is 0 Å². The first-order valence-corrected chi connectivity index (χ1v) is 3.20. The highest BCUT2D eigenvalue weighted by molar-refractivity contribution is 6.16. The number of aryl methyl sites for hydroxylation is 2. The fraction of sp³-hybridized carbons (Fsp3) is 0.600. The summed E-state index contributed by atoms with van der Waals surface area (Å²) in [6, 6.07) is 0. The van der Waals surface area contributed by atoms with E-state index in [9.17, 15) is 0 Å². The first-order valence-electron chi connectivity index (χ1n) is 2.66. The van der Waals surface area contributed by atoms with Crippen molar-refractivity contribution >= 4 is 11.6 Å². The number of nitrogens with zero attached hydrogens (tertiary/aromatic N) is 3. The highest BCUT2D eigenvalue weighted by Crippen LogP contribution is 1.96. The van der Waals surface area contributed by atoms with E-state index >= 15 is 0 Å². The maximum Gasteiger partial charge on any atom is 0.165 e. The summed E-state index contributed by atoms with van der Waals surface area (Å²) in [5.41, 5.74) is 0. The smallest absolute Gasteiger partial charge is 0.165 e. The molecule has 0 bridgehead atoms. The molecule has 0 aliphatic heterocycles. The van der Waals surface area contributed by atoms with E-state index in [0.29, 0.717) is 11.7 Å². The number of aromatic nitrogens is 3. The van der Waals surface area contributed by atoms with Gasteiger partial charge in [-0.05, 0) is 6.92 Å². The van der Waals surface area contributed by atoms with Crippen molar-refractivity contribution in [3.63, 3.8) is 0 Å². The molecule has 0 atom stereocenters. The Morgan fingerprint density at radius 2 is 2.33 bits per heavy atom. The first-order chi connectivity index (χ1) is 4.24. The van der Waals surface area contributed by atoms with E-state index in [-0.39, 0.29) is 0 Å². The quantitative estimate of drug-likeness (QED) is 0.549. The van der Waals surface area contributed by atoms with Crippen molar-refractivity contribution in [3.05, 3.63) is 11.6 Å². The van der Waals surface area contributed by atoms with E-state index in [1.165, 1.54) is 0 Å². The van der Waals surface area contributed by atoms with Gasteiger partial charge in [0.1, 0.15) is 5.82 Å². The molecule has 9 heavy (non-hydrogen) atoms. The largest absolute Gasteiger partial charge is 0.253 e. The van der Waals surface area contributed by atoms with Crippen LogP contribution >= 0.6 is 11.6 Å². The molecule has 1 aromatic rings. The minimum atomic E-state index is 0.391. The predicted octanol–water partition coefficient (Wildman–Crippen LogP) is 0.862. The summed E-state index contributed by atoms with van der Waals surface area (Å²) < 4.78 is 1.71. The zero-order chi connectivity index (χ0) is 6.85. The van der Waals surface area contributed by atoms with Crippen LogP contribution in [-0.2, 0) is 12.9 Å². The summed E-state index contributed by atoms with van der Waals surface area (Å²) in [4.78, 5) is 4.05. The molecule has 0 aliphatic rings. The van der Waals surface area contributed by atoms with Gasteiger partial charge in [-0.2, -0.15) is 5.10 Å². The molecule has 3 nitrogen and oxygen atoms in total. The molecule has 0 spiro atoms. The molecule has 0 saturated carbocycles. The van der Waals surface area contributed by atoms with Crippen LogP contribution in [-0.4, -0.2) is 14.8 Å². The Morgan fingerprint density at radius 3 is 2.56 bits per heavy atom. The number of rotatable bonds is 1. The van der Waals surface area contributed by atoms with Gasteiger partial charge in [0.2, 0.25) is 0 Å². The van der Waals surface area contributed by atoms with Gasteiger partial charge in [0.25, 0.3) is 0 Å². The van der Waals surface area contributed by atoms with Crippen LogP contribution in [0.4, 0.5) is 0 Å². The minimum absolute atomic E-state index is 0.391. The van der Waals surface area contributed by atoms with Gasteiger partial charge in [-0.3, -0.25) is 4.68 Å². The third-order valence-electron chi connectivity index (χ3n) is 1.14.